The summed E-state index contributed by atoms with van der Waals surface area (Å²) in [6.45, 7) is 8.01. The van der Waals surface area contributed by atoms with Crippen LogP contribution in [-0.4, -0.2) is 96.0 Å². The molecule has 4 aromatic rings. The van der Waals surface area contributed by atoms with Crippen LogP contribution in [0.5, 0.6) is 5.75 Å². The molecule has 1 unspecified atom stereocenters. The number of aromatic amines is 1. The zero-order valence-corrected chi connectivity index (χ0v) is 23.0. The minimum absolute atomic E-state index is 0.201. The number of benzene rings is 1. The molecule has 0 radical (unpaired) electrons. The molecule has 0 bridgehead atoms. The van der Waals surface area contributed by atoms with Gasteiger partial charge in [0.2, 0.25) is 5.78 Å². The van der Waals surface area contributed by atoms with E-state index in [0.717, 1.165) is 38.5 Å². The van der Waals surface area contributed by atoms with Gasteiger partial charge < -0.3 is 18.8 Å². The highest BCUT2D eigenvalue weighted by molar-refractivity contribution is 6.14. The lowest BCUT2D eigenvalue weighted by Crippen LogP contribution is -2.47. The Balaban J connectivity index is 1.14. The van der Waals surface area contributed by atoms with Crippen LogP contribution in [0, 0.1) is 0 Å². The van der Waals surface area contributed by atoms with E-state index in [1.165, 1.54) is 5.69 Å². The van der Waals surface area contributed by atoms with Crippen LogP contribution in [0.2, 0.25) is 0 Å². The smallest absolute Gasteiger partial charge is 0.343 e. The summed E-state index contributed by atoms with van der Waals surface area (Å²) < 4.78 is 19.8. The summed E-state index contributed by atoms with van der Waals surface area (Å²) in [6.07, 6.45) is 1.42. The standard InChI is InChI=1S/C27H35N9O4/c1-19-29-23(22-5-4-16-40-22)24-25(35(19)28-2)30-26-34(27(37)31-36(24)26)15-12-32-10-13-33(14-11-32)20-6-8-21(9-7-20)39-18-17-38-3/h4-9,16,19,28H,10-15,17-18H2,1-3H3,(H,31,37). The van der Waals surface area contributed by atoms with Crippen molar-refractivity contribution in [3.05, 3.63) is 64.6 Å². The molecule has 1 saturated heterocycles. The van der Waals surface area contributed by atoms with Gasteiger partial charge in [-0.05, 0) is 43.3 Å². The van der Waals surface area contributed by atoms with Crippen molar-refractivity contribution in [2.45, 2.75) is 19.6 Å². The van der Waals surface area contributed by atoms with Crippen molar-refractivity contribution < 1.29 is 13.9 Å². The number of aromatic nitrogens is 4. The fourth-order valence-corrected chi connectivity index (χ4v) is 5.35. The van der Waals surface area contributed by atoms with Gasteiger partial charge in [-0.2, -0.15) is 4.98 Å². The van der Waals surface area contributed by atoms with Gasteiger partial charge in [0.15, 0.2) is 11.6 Å². The molecule has 6 rings (SSSR count). The lowest BCUT2D eigenvalue weighted by molar-refractivity contribution is 0.146. The van der Waals surface area contributed by atoms with Crippen molar-refractivity contribution in [2.75, 3.05) is 70.0 Å². The maximum Gasteiger partial charge on any atom is 0.343 e. The number of fused-ring (bicyclic) bond motifs is 3. The molecule has 0 aliphatic carbocycles. The highest BCUT2D eigenvalue weighted by Gasteiger charge is 2.33. The lowest BCUT2D eigenvalue weighted by atomic mass is 10.1. The van der Waals surface area contributed by atoms with E-state index in [9.17, 15) is 4.79 Å². The number of imidazole rings is 1. The molecule has 40 heavy (non-hydrogen) atoms. The predicted molar refractivity (Wildman–Crippen MR) is 152 cm³/mol. The number of methoxy groups -OCH3 is 1. The van der Waals surface area contributed by atoms with Gasteiger partial charge in [0.25, 0.3) is 0 Å². The molecule has 1 atom stereocenters. The summed E-state index contributed by atoms with van der Waals surface area (Å²) in [5, 5.41) is 4.85. The Morgan fingerprint density at radius 1 is 1.10 bits per heavy atom. The number of piperazine rings is 1. The Morgan fingerprint density at radius 2 is 1.90 bits per heavy atom. The number of nitrogens with one attached hydrogen (secondary N) is 2. The van der Waals surface area contributed by atoms with Crippen LogP contribution in [0.25, 0.3) is 5.78 Å². The zero-order valence-electron chi connectivity index (χ0n) is 23.0. The molecule has 1 aromatic carbocycles. The first kappa shape index (κ1) is 26.2. The summed E-state index contributed by atoms with van der Waals surface area (Å²) in [4.78, 5) is 27.5. The first-order valence-electron chi connectivity index (χ1n) is 13.6. The third-order valence-electron chi connectivity index (χ3n) is 7.44. The number of hydrogen-bond acceptors (Lipinski definition) is 10. The van der Waals surface area contributed by atoms with Crippen molar-refractivity contribution in [2.24, 2.45) is 4.99 Å². The number of rotatable bonds is 10. The van der Waals surface area contributed by atoms with Gasteiger partial charge in [-0.15, -0.1) is 0 Å². The maximum atomic E-state index is 13.0. The number of hydrogen-bond donors (Lipinski definition) is 2. The van der Waals surface area contributed by atoms with E-state index in [-0.39, 0.29) is 11.9 Å². The molecule has 0 saturated carbocycles. The number of H-pyrrole nitrogens is 1. The minimum Gasteiger partial charge on any atom is -0.491 e. The highest BCUT2D eigenvalue weighted by atomic mass is 16.5. The minimum atomic E-state index is -0.204. The normalized spacial score (nSPS) is 17.9. The molecule has 13 nitrogen and oxygen atoms in total. The van der Waals surface area contributed by atoms with Crippen molar-refractivity contribution in [3.8, 4) is 5.75 Å². The van der Waals surface area contributed by atoms with E-state index >= 15 is 0 Å². The SMILES string of the molecule is CNN1c2nc3n(CCN4CCN(c5ccc(OCCOC)cc5)CC4)c(=O)[nH]n3c2C(c2ccco2)=NC1C. The van der Waals surface area contributed by atoms with Crippen LogP contribution >= 0.6 is 0 Å². The van der Waals surface area contributed by atoms with E-state index < -0.39 is 0 Å². The summed E-state index contributed by atoms with van der Waals surface area (Å²) in [7, 11) is 3.50. The Labute approximate surface area is 231 Å². The number of aliphatic imine (C=N–C) groups is 1. The largest absolute Gasteiger partial charge is 0.491 e. The monoisotopic (exact) mass is 549 g/mol. The lowest BCUT2D eigenvalue weighted by Gasteiger charge is -2.36. The van der Waals surface area contributed by atoms with Crippen LogP contribution in [0.1, 0.15) is 18.4 Å². The van der Waals surface area contributed by atoms with Gasteiger partial charge >= 0.3 is 5.69 Å². The molecule has 212 valence electrons. The van der Waals surface area contributed by atoms with Gasteiger partial charge in [-0.1, -0.05) is 0 Å². The van der Waals surface area contributed by atoms with E-state index in [1.54, 1.807) is 22.5 Å². The van der Waals surface area contributed by atoms with Crippen molar-refractivity contribution in [1.29, 1.82) is 0 Å². The molecule has 2 N–H and O–H groups in total. The fourth-order valence-electron chi connectivity index (χ4n) is 5.35. The number of furan rings is 1. The summed E-state index contributed by atoms with van der Waals surface area (Å²) in [5.41, 5.74) is 5.50. The summed E-state index contributed by atoms with van der Waals surface area (Å²) >= 11 is 0. The first-order valence-corrected chi connectivity index (χ1v) is 13.6. The molecule has 0 spiro atoms. The van der Waals surface area contributed by atoms with E-state index in [0.29, 0.717) is 48.5 Å². The molecule has 2 aliphatic rings. The van der Waals surface area contributed by atoms with Crippen molar-refractivity contribution in [3.63, 3.8) is 0 Å². The quantitative estimate of drug-likeness (QED) is 0.283. The Kier molecular flexibility index (Phi) is 7.32. The van der Waals surface area contributed by atoms with Gasteiger partial charge in [0.05, 0.1) is 12.9 Å². The van der Waals surface area contributed by atoms with Gasteiger partial charge in [-0.25, -0.2) is 19.8 Å². The second-order valence-corrected chi connectivity index (χ2v) is 9.83. The van der Waals surface area contributed by atoms with E-state index in [4.69, 9.17) is 23.9 Å². The van der Waals surface area contributed by atoms with Crippen molar-refractivity contribution in [1.82, 2.24) is 29.5 Å². The second kappa shape index (κ2) is 11.2. The molecule has 1 fully saturated rings. The van der Waals surface area contributed by atoms with Crippen LogP contribution in [0.3, 0.4) is 0 Å². The molecule has 0 amide bonds. The van der Waals surface area contributed by atoms with Crippen LogP contribution in [0.4, 0.5) is 11.5 Å². The molecular weight excluding hydrogens is 514 g/mol. The third kappa shape index (κ3) is 4.87. The van der Waals surface area contributed by atoms with Crippen LogP contribution in [-0.2, 0) is 11.3 Å². The number of ether oxygens (including phenoxy) is 2. The van der Waals surface area contributed by atoms with Gasteiger partial charge in [0, 0.05) is 59.1 Å². The predicted octanol–water partition coefficient (Wildman–Crippen LogP) is 1.40. The van der Waals surface area contributed by atoms with E-state index in [2.05, 4.69) is 32.5 Å². The number of nitrogens with zero attached hydrogens (tertiary/aromatic N) is 7. The first-order chi connectivity index (χ1) is 19.6. The average molecular weight is 550 g/mol. The third-order valence-corrected chi connectivity index (χ3v) is 7.44. The number of hydrazine groups is 1. The Hall–Kier alpha value is -4.07. The molecule has 13 heteroatoms. The summed E-state index contributed by atoms with van der Waals surface area (Å²) in [6, 6.07) is 11.9. The molecule has 5 heterocycles. The van der Waals surface area contributed by atoms with Crippen LogP contribution < -0.4 is 25.8 Å². The fraction of sp³-hybridized carbons (Fsp3) is 0.444. The molecule has 3 aromatic heterocycles. The van der Waals surface area contributed by atoms with Crippen LogP contribution in [0.15, 0.2) is 56.9 Å². The molecule has 2 aliphatic heterocycles. The highest BCUT2D eigenvalue weighted by Crippen LogP contribution is 2.29. The maximum absolute atomic E-state index is 13.0. The van der Waals surface area contributed by atoms with Gasteiger partial charge in [0.1, 0.15) is 29.9 Å². The van der Waals surface area contributed by atoms with Crippen molar-refractivity contribution >= 4 is 23.0 Å². The Morgan fingerprint density at radius 3 is 2.60 bits per heavy atom. The Bertz CT molecular complexity index is 1510. The zero-order chi connectivity index (χ0) is 27.6. The molecular formula is C27H35N9O4. The number of anilines is 2. The topological polar surface area (TPSA) is 121 Å². The van der Waals surface area contributed by atoms with Gasteiger partial charge in [-0.3, -0.25) is 19.5 Å². The second-order valence-electron chi connectivity index (χ2n) is 9.83. The van der Waals surface area contributed by atoms with E-state index in [1.807, 2.05) is 43.2 Å². The average Bonchev–Trinajstić information content (AvgIpc) is 3.69. The summed E-state index contributed by atoms with van der Waals surface area (Å²) in [5.74, 6) is 2.72.